The van der Waals surface area contributed by atoms with E-state index < -0.39 is 12.2 Å². The van der Waals surface area contributed by atoms with Crippen LogP contribution in [0, 0.1) is 13.8 Å². The van der Waals surface area contributed by atoms with E-state index in [-0.39, 0.29) is 24.6 Å². The van der Waals surface area contributed by atoms with Crippen LogP contribution in [0.5, 0.6) is 0 Å². The lowest BCUT2D eigenvalue weighted by molar-refractivity contribution is 0.0920. The SMILES string of the molecule is Cc1cc(N2C[C@H](CNC(=O)c3ccc(Cl)s3)OC2=O)cc(C)c1-n1cccc(CCNCCO)c1=O. The van der Waals surface area contributed by atoms with Gasteiger partial charge in [-0.25, -0.2) is 4.79 Å². The largest absolute Gasteiger partial charge is 0.442 e. The second kappa shape index (κ2) is 11.9. The summed E-state index contributed by atoms with van der Waals surface area (Å²) >= 11 is 7.08. The van der Waals surface area contributed by atoms with Crippen LogP contribution in [0.15, 0.2) is 47.4 Å². The van der Waals surface area contributed by atoms with Gasteiger partial charge in [0.1, 0.15) is 6.10 Å². The van der Waals surface area contributed by atoms with Crippen molar-refractivity contribution in [1.29, 1.82) is 0 Å². The second-order valence-electron chi connectivity index (χ2n) is 8.79. The molecule has 0 unspecified atom stereocenters. The molecule has 4 rings (SSSR count). The van der Waals surface area contributed by atoms with Crippen LogP contribution in [0.25, 0.3) is 5.69 Å². The molecule has 196 valence electrons. The van der Waals surface area contributed by atoms with Crippen molar-refractivity contribution in [2.75, 3.05) is 37.7 Å². The Hall–Kier alpha value is -3.18. The zero-order chi connectivity index (χ0) is 26.5. The highest BCUT2D eigenvalue weighted by Crippen LogP contribution is 2.28. The Balaban J connectivity index is 1.47. The monoisotopic (exact) mass is 544 g/mol. The standard InChI is InChI=1S/C26H29ClN4O5S/c1-16-12-19(31-15-20(36-26(31)35)14-29-24(33)21-5-6-22(27)37-21)13-17(2)23(16)30-10-3-4-18(25(30)34)7-8-28-9-11-32/h3-6,10,12-13,20,28,32H,7-9,11,14-15H2,1-2H3,(H,29,33)/t20-/m0/s1. The fourth-order valence-electron chi connectivity index (χ4n) is 4.37. The number of halogens is 1. The lowest BCUT2D eigenvalue weighted by Crippen LogP contribution is -2.34. The number of anilines is 1. The minimum atomic E-state index is -0.495. The van der Waals surface area contributed by atoms with Gasteiger partial charge in [0.2, 0.25) is 0 Å². The maximum atomic E-state index is 13.2. The molecule has 3 aromatic rings. The molecule has 1 fully saturated rings. The Morgan fingerprint density at radius 2 is 1.95 bits per heavy atom. The van der Waals surface area contributed by atoms with E-state index in [9.17, 15) is 14.4 Å². The van der Waals surface area contributed by atoms with Gasteiger partial charge in [-0.1, -0.05) is 17.7 Å². The molecule has 3 N–H and O–H groups in total. The number of cyclic esters (lactones) is 1. The average Bonchev–Trinajstić information content (AvgIpc) is 3.47. The summed E-state index contributed by atoms with van der Waals surface area (Å²) in [6.45, 7) is 5.40. The molecule has 0 bridgehead atoms. The first-order valence-corrected chi connectivity index (χ1v) is 13.1. The average molecular weight is 545 g/mol. The number of aromatic nitrogens is 1. The summed E-state index contributed by atoms with van der Waals surface area (Å²) in [6.07, 6.45) is 1.31. The van der Waals surface area contributed by atoms with Crippen molar-refractivity contribution < 1.29 is 19.4 Å². The van der Waals surface area contributed by atoms with Crippen LogP contribution in [0.3, 0.4) is 0 Å². The van der Waals surface area contributed by atoms with Crippen LogP contribution in [0.1, 0.15) is 26.4 Å². The van der Waals surface area contributed by atoms with Gasteiger partial charge >= 0.3 is 6.09 Å². The lowest BCUT2D eigenvalue weighted by Gasteiger charge is -2.19. The molecule has 1 aliphatic rings. The summed E-state index contributed by atoms with van der Waals surface area (Å²) in [5.41, 5.74) is 3.69. The molecular weight excluding hydrogens is 516 g/mol. The van der Waals surface area contributed by atoms with Crippen LogP contribution in [-0.4, -0.2) is 60.6 Å². The van der Waals surface area contributed by atoms with Gasteiger partial charge in [-0.15, -0.1) is 11.3 Å². The van der Waals surface area contributed by atoms with Crippen molar-refractivity contribution in [3.63, 3.8) is 0 Å². The molecule has 9 nitrogen and oxygen atoms in total. The smallest absolute Gasteiger partial charge is 0.414 e. The fraction of sp³-hybridized carbons (Fsp3) is 0.346. The number of aryl methyl sites for hydroxylation is 2. The second-order valence-corrected chi connectivity index (χ2v) is 10.5. The maximum absolute atomic E-state index is 13.2. The summed E-state index contributed by atoms with van der Waals surface area (Å²) in [7, 11) is 0. The quantitative estimate of drug-likeness (QED) is 0.338. The summed E-state index contributed by atoms with van der Waals surface area (Å²) in [5.74, 6) is -0.265. The number of ether oxygens (including phenoxy) is 1. The Labute approximate surface area is 223 Å². The van der Waals surface area contributed by atoms with Crippen molar-refractivity contribution in [2.24, 2.45) is 0 Å². The molecule has 0 radical (unpaired) electrons. The van der Waals surface area contributed by atoms with Gasteiger partial charge < -0.3 is 20.5 Å². The third-order valence-corrected chi connectivity index (χ3v) is 7.31. The number of aliphatic hydroxyl groups excluding tert-OH is 1. The maximum Gasteiger partial charge on any atom is 0.414 e. The minimum Gasteiger partial charge on any atom is -0.442 e. The van der Waals surface area contributed by atoms with E-state index in [2.05, 4.69) is 10.6 Å². The molecule has 37 heavy (non-hydrogen) atoms. The van der Waals surface area contributed by atoms with E-state index in [1.165, 1.54) is 16.2 Å². The highest BCUT2D eigenvalue weighted by atomic mass is 35.5. The summed E-state index contributed by atoms with van der Waals surface area (Å²) in [6, 6.07) is 10.7. The Morgan fingerprint density at radius 1 is 1.19 bits per heavy atom. The molecule has 1 atom stereocenters. The number of benzene rings is 1. The predicted octanol–water partition coefficient (Wildman–Crippen LogP) is 3.05. The third kappa shape index (κ3) is 6.22. The van der Waals surface area contributed by atoms with E-state index in [1.807, 2.05) is 38.1 Å². The molecule has 11 heteroatoms. The van der Waals surface area contributed by atoms with Crippen molar-refractivity contribution in [1.82, 2.24) is 15.2 Å². The number of hydrogen-bond acceptors (Lipinski definition) is 7. The first kappa shape index (κ1) is 26.9. The summed E-state index contributed by atoms with van der Waals surface area (Å²) in [4.78, 5) is 40.1. The van der Waals surface area contributed by atoms with Crippen LogP contribution in [0.2, 0.25) is 4.34 Å². The van der Waals surface area contributed by atoms with Gasteiger partial charge in [0.15, 0.2) is 0 Å². The number of rotatable bonds is 10. The predicted molar refractivity (Wildman–Crippen MR) is 144 cm³/mol. The van der Waals surface area contributed by atoms with Gasteiger partial charge in [0.25, 0.3) is 11.5 Å². The van der Waals surface area contributed by atoms with Crippen LogP contribution < -0.4 is 21.1 Å². The van der Waals surface area contributed by atoms with Gasteiger partial charge in [-0.2, -0.15) is 0 Å². The molecule has 2 amide bonds. The van der Waals surface area contributed by atoms with E-state index in [1.54, 1.807) is 22.9 Å². The third-order valence-electron chi connectivity index (χ3n) is 6.08. The van der Waals surface area contributed by atoms with Crippen molar-refractivity contribution in [2.45, 2.75) is 26.4 Å². The Morgan fingerprint density at radius 3 is 2.62 bits per heavy atom. The Kier molecular flexibility index (Phi) is 8.65. The molecule has 3 heterocycles. The van der Waals surface area contributed by atoms with Crippen molar-refractivity contribution in [3.05, 3.63) is 78.9 Å². The number of carbonyl (C=O) groups is 2. The van der Waals surface area contributed by atoms with Crippen LogP contribution in [0.4, 0.5) is 10.5 Å². The van der Waals surface area contributed by atoms with Gasteiger partial charge in [0.05, 0.1) is 34.6 Å². The molecule has 1 aliphatic heterocycles. The van der Waals surface area contributed by atoms with E-state index in [0.717, 1.165) is 16.8 Å². The summed E-state index contributed by atoms with van der Waals surface area (Å²) < 4.78 is 7.64. The van der Waals surface area contributed by atoms with E-state index in [0.29, 0.717) is 46.5 Å². The molecule has 0 saturated carbocycles. The van der Waals surface area contributed by atoms with Gasteiger partial charge in [0, 0.05) is 24.0 Å². The highest BCUT2D eigenvalue weighted by molar-refractivity contribution is 7.18. The fourth-order valence-corrected chi connectivity index (χ4v) is 5.33. The number of carbonyl (C=O) groups excluding carboxylic acids is 2. The van der Waals surface area contributed by atoms with E-state index in [4.69, 9.17) is 21.4 Å². The Bertz CT molecular complexity index is 1330. The van der Waals surface area contributed by atoms with Gasteiger partial charge in [-0.3, -0.25) is 19.1 Å². The highest BCUT2D eigenvalue weighted by Gasteiger charge is 2.33. The number of aliphatic hydroxyl groups is 1. The zero-order valence-electron chi connectivity index (χ0n) is 20.6. The molecule has 1 saturated heterocycles. The zero-order valence-corrected chi connectivity index (χ0v) is 22.2. The molecular formula is C26H29ClN4O5S. The topological polar surface area (TPSA) is 113 Å². The number of pyridine rings is 1. The van der Waals surface area contributed by atoms with Gasteiger partial charge in [-0.05, 0) is 68.3 Å². The minimum absolute atomic E-state index is 0.0498. The number of nitrogens with zero attached hydrogens (tertiary/aromatic N) is 2. The van der Waals surface area contributed by atoms with E-state index >= 15 is 0 Å². The van der Waals surface area contributed by atoms with Crippen LogP contribution >= 0.6 is 22.9 Å². The summed E-state index contributed by atoms with van der Waals surface area (Å²) in [5, 5.41) is 14.8. The molecule has 2 aromatic heterocycles. The molecule has 0 spiro atoms. The van der Waals surface area contributed by atoms with Crippen molar-refractivity contribution >= 4 is 40.6 Å². The van der Waals surface area contributed by atoms with Crippen molar-refractivity contribution in [3.8, 4) is 5.69 Å². The molecule has 0 aliphatic carbocycles. The van der Waals surface area contributed by atoms with Crippen LogP contribution in [-0.2, 0) is 11.2 Å². The first-order chi connectivity index (χ1) is 17.8. The number of hydrogen-bond donors (Lipinski definition) is 3. The normalized spacial score (nSPS) is 15.2. The number of thiophene rings is 1. The first-order valence-electron chi connectivity index (χ1n) is 11.9. The lowest BCUT2D eigenvalue weighted by atomic mass is 10.1. The number of nitrogens with one attached hydrogen (secondary N) is 2. The number of amides is 2. The molecule has 1 aromatic carbocycles.